The van der Waals surface area contributed by atoms with Gasteiger partial charge in [-0.05, 0) is 22.4 Å². The van der Waals surface area contributed by atoms with Crippen LogP contribution in [0.15, 0.2) is 22.0 Å². The molecule has 0 saturated heterocycles. The molecular formula is C10H12BrClN4O2S. The van der Waals surface area contributed by atoms with Crippen molar-refractivity contribution in [3.63, 3.8) is 0 Å². The van der Waals surface area contributed by atoms with Gasteiger partial charge in [-0.2, -0.15) is 5.10 Å². The third-order valence-corrected chi connectivity index (χ3v) is 4.79. The van der Waals surface area contributed by atoms with E-state index in [1.807, 2.05) is 14.0 Å². The molecule has 0 amide bonds. The standard InChI is InChI=1S/C10H12BrClN4O2S/c1-3-7-10(11)8(15(2)14-7)4-16-5-9(13-6-16)19(12,17)18/h5-6H,3-4H2,1-2H3. The highest BCUT2D eigenvalue weighted by atomic mass is 79.9. The lowest BCUT2D eigenvalue weighted by atomic mass is 10.3. The molecule has 6 nitrogen and oxygen atoms in total. The van der Waals surface area contributed by atoms with Crippen LogP contribution in [-0.2, 0) is 29.1 Å². The average molecular weight is 368 g/mol. The summed E-state index contributed by atoms with van der Waals surface area (Å²) < 4.78 is 26.6. The van der Waals surface area contributed by atoms with Crippen LogP contribution in [0.5, 0.6) is 0 Å². The number of aryl methyl sites for hydroxylation is 2. The second-order valence-electron chi connectivity index (χ2n) is 4.01. The van der Waals surface area contributed by atoms with Crippen molar-refractivity contribution in [2.45, 2.75) is 24.9 Å². The van der Waals surface area contributed by atoms with Crippen LogP contribution in [0.25, 0.3) is 0 Å². The SMILES string of the molecule is CCc1nn(C)c(Cn2cnc(S(=O)(=O)Cl)c2)c1Br. The van der Waals surface area contributed by atoms with Crippen LogP contribution in [0, 0.1) is 0 Å². The van der Waals surface area contributed by atoms with Crippen LogP contribution < -0.4 is 0 Å². The number of hydrogen-bond acceptors (Lipinski definition) is 4. The van der Waals surface area contributed by atoms with Gasteiger partial charge >= 0.3 is 0 Å². The summed E-state index contributed by atoms with van der Waals surface area (Å²) in [5.74, 6) is 0. The normalized spacial score (nSPS) is 12.0. The molecule has 0 atom stereocenters. The van der Waals surface area contributed by atoms with Crippen LogP contribution in [0.1, 0.15) is 18.3 Å². The maximum atomic E-state index is 11.1. The summed E-state index contributed by atoms with van der Waals surface area (Å²) in [6.07, 6.45) is 3.65. The van der Waals surface area contributed by atoms with Crippen LogP contribution in [0.3, 0.4) is 0 Å². The zero-order valence-corrected chi connectivity index (χ0v) is 13.5. The van der Waals surface area contributed by atoms with Crippen molar-refractivity contribution in [1.82, 2.24) is 19.3 Å². The second kappa shape index (κ2) is 5.26. The van der Waals surface area contributed by atoms with E-state index in [9.17, 15) is 8.42 Å². The Kier molecular flexibility index (Phi) is 4.03. The van der Waals surface area contributed by atoms with Gasteiger partial charge in [0.2, 0.25) is 0 Å². The Morgan fingerprint density at radius 2 is 2.16 bits per heavy atom. The maximum Gasteiger partial charge on any atom is 0.280 e. The maximum absolute atomic E-state index is 11.1. The van der Waals surface area contributed by atoms with E-state index in [1.165, 1.54) is 12.5 Å². The van der Waals surface area contributed by atoms with Gasteiger partial charge in [0.1, 0.15) is 0 Å². The topological polar surface area (TPSA) is 69.8 Å². The van der Waals surface area contributed by atoms with E-state index in [0.29, 0.717) is 6.54 Å². The summed E-state index contributed by atoms with van der Waals surface area (Å²) in [4.78, 5) is 3.77. The predicted octanol–water partition coefficient (Wildman–Crippen LogP) is 1.92. The molecule has 0 saturated carbocycles. The first-order valence-electron chi connectivity index (χ1n) is 5.49. The van der Waals surface area contributed by atoms with E-state index >= 15 is 0 Å². The molecule has 0 aliphatic carbocycles. The quantitative estimate of drug-likeness (QED) is 0.774. The third-order valence-electron chi connectivity index (χ3n) is 2.69. The van der Waals surface area contributed by atoms with E-state index < -0.39 is 9.05 Å². The lowest BCUT2D eigenvalue weighted by Gasteiger charge is -2.03. The molecule has 0 aliphatic rings. The van der Waals surface area contributed by atoms with Crippen molar-refractivity contribution in [1.29, 1.82) is 0 Å². The van der Waals surface area contributed by atoms with Gasteiger partial charge in [0, 0.05) is 23.9 Å². The Morgan fingerprint density at radius 3 is 2.63 bits per heavy atom. The van der Waals surface area contributed by atoms with E-state index in [-0.39, 0.29) is 5.03 Å². The van der Waals surface area contributed by atoms with E-state index in [1.54, 1.807) is 9.25 Å². The highest BCUT2D eigenvalue weighted by Crippen LogP contribution is 2.23. The highest BCUT2D eigenvalue weighted by Gasteiger charge is 2.16. The molecule has 0 radical (unpaired) electrons. The monoisotopic (exact) mass is 366 g/mol. The highest BCUT2D eigenvalue weighted by molar-refractivity contribution is 9.10. The number of imidazole rings is 1. The molecule has 0 spiro atoms. The van der Waals surface area contributed by atoms with E-state index in [4.69, 9.17) is 10.7 Å². The van der Waals surface area contributed by atoms with Crippen molar-refractivity contribution in [3.05, 3.63) is 28.4 Å². The molecule has 0 aliphatic heterocycles. The fraction of sp³-hybridized carbons (Fsp3) is 0.400. The number of aromatic nitrogens is 4. The average Bonchev–Trinajstić information content (AvgIpc) is 2.88. The summed E-state index contributed by atoms with van der Waals surface area (Å²) in [5, 5.41) is 4.22. The molecule has 0 aromatic carbocycles. The molecule has 0 N–H and O–H groups in total. The van der Waals surface area contributed by atoms with Crippen molar-refractivity contribution in [3.8, 4) is 0 Å². The second-order valence-corrected chi connectivity index (χ2v) is 7.31. The van der Waals surface area contributed by atoms with Gasteiger partial charge in [-0.3, -0.25) is 4.68 Å². The van der Waals surface area contributed by atoms with Crippen molar-refractivity contribution in [2.75, 3.05) is 0 Å². The molecule has 19 heavy (non-hydrogen) atoms. The van der Waals surface area contributed by atoms with Gasteiger partial charge in [-0.1, -0.05) is 6.92 Å². The molecule has 2 aromatic heterocycles. The first-order valence-corrected chi connectivity index (χ1v) is 8.59. The molecule has 2 heterocycles. The Balaban J connectivity index is 2.32. The fourth-order valence-electron chi connectivity index (χ4n) is 1.72. The Hall–Kier alpha value is -0.860. The van der Waals surface area contributed by atoms with E-state index in [2.05, 4.69) is 26.0 Å². The smallest absolute Gasteiger partial charge is 0.280 e. The largest absolute Gasteiger partial charge is 0.330 e. The molecule has 9 heteroatoms. The summed E-state index contributed by atoms with van der Waals surface area (Å²) in [5.41, 5.74) is 1.90. The van der Waals surface area contributed by atoms with Crippen LogP contribution in [-0.4, -0.2) is 27.7 Å². The number of hydrogen-bond donors (Lipinski definition) is 0. The number of rotatable bonds is 4. The molecule has 2 rings (SSSR count). The summed E-state index contributed by atoms with van der Waals surface area (Å²) in [6, 6.07) is 0. The molecular weight excluding hydrogens is 356 g/mol. The molecule has 0 unspecified atom stereocenters. The summed E-state index contributed by atoms with van der Waals surface area (Å²) in [6.45, 7) is 2.48. The van der Waals surface area contributed by atoms with Gasteiger partial charge in [0.15, 0.2) is 5.03 Å². The molecule has 0 fully saturated rings. The van der Waals surface area contributed by atoms with Crippen molar-refractivity contribution < 1.29 is 8.42 Å². The summed E-state index contributed by atoms with van der Waals surface area (Å²) >= 11 is 3.50. The minimum atomic E-state index is -3.79. The van der Waals surface area contributed by atoms with Gasteiger partial charge in [-0.15, -0.1) is 0 Å². The fourth-order valence-corrected chi connectivity index (χ4v) is 3.13. The predicted molar refractivity (Wildman–Crippen MR) is 74.7 cm³/mol. The first-order chi connectivity index (χ1) is 8.82. The Morgan fingerprint density at radius 1 is 1.47 bits per heavy atom. The number of nitrogens with zero attached hydrogens (tertiary/aromatic N) is 4. The Labute approximate surface area is 123 Å². The van der Waals surface area contributed by atoms with Crippen LogP contribution in [0.2, 0.25) is 0 Å². The van der Waals surface area contributed by atoms with Crippen molar-refractivity contribution >= 4 is 35.7 Å². The van der Waals surface area contributed by atoms with Crippen molar-refractivity contribution in [2.24, 2.45) is 7.05 Å². The van der Waals surface area contributed by atoms with E-state index in [0.717, 1.165) is 22.3 Å². The molecule has 2 aromatic rings. The third kappa shape index (κ3) is 3.01. The summed E-state index contributed by atoms with van der Waals surface area (Å²) in [7, 11) is 3.29. The minimum Gasteiger partial charge on any atom is -0.330 e. The molecule has 104 valence electrons. The van der Waals surface area contributed by atoms with Crippen LogP contribution in [0.4, 0.5) is 0 Å². The minimum absolute atomic E-state index is 0.150. The Bertz CT molecular complexity index is 707. The van der Waals surface area contributed by atoms with Gasteiger partial charge in [0.25, 0.3) is 9.05 Å². The van der Waals surface area contributed by atoms with Gasteiger partial charge in [0.05, 0.1) is 28.7 Å². The lowest BCUT2D eigenvalue weighted by Crippen LogP contribution is -2.04. The van der Waals surface area contributed by atoms with Crippen LogP contribution >= 0.6 is 26.6 Å². The zero-order chi connectivity index (χ0) is 14.2. The van der Waals surface area contributed by atoms with Gasteiger partial charge < -0.3 is 4.57 Å². The number of halogens is 2. The van der Waals surface area contributed by atoms with Gasteiger partial charge in [-0.25, -0.2) is 13.4 Å². The molecule has 0 bridgehead atoms. The lowest BCUT2D eigenvalue weighted by molar-refractivity contribution is 0.606. The first kappa shape index (κ1) is 14.5. The zero-order valence-electron chi connectivity index (χ0n) is 10.3.